The first-order valence-corrected chi connectivity index (χ1v) is 10.7. The fourth-order valence-corrected chi connectivity index (χ4v) is 4.14. The third-order valence-electron chi connectivity index (χ3n) is 3.90. The Morgan fingerprint density at radius 2 is 1.75 bits per heavy atom. The highest BCUT2D eigenvalue weighted by atomic mass is 32.1. The predicted molar refractivity (Wildman–Crippen MR) is 112 cm³/mol. The maximum absolute atomic E-state index is 12.5. The number of ether oxygens (including phenoxy) is 2. The van der Waals surface area contributed by atoms with Crippen LogP contribution in [-0.2, 0) is 6.54 Å². The predicted octanol–water partition coefficient (Wildman–Crippen LogP) is 4.77. The van der Waals surface area contributed by atoms with Crippen molar-refractivity contribution in [2.45, 2.75) is 20.4 Å². The van der Waals surface area contributed by atoms with Crippen LogP contribution < -0.4 is 14.8 Å². The molecule has 28 heavy (non-hydrogen) atoms. The summed E-state index contributed by atoms with van der Waals surface area (Å²) in [4.78, 5) is 26.5. The first-order chi connectivity index (χ1) is 13.6. The first kappa shape index (κ1) is 20.1. The number of hydrogen-bond acceptors (Lipinski definition) is 6. The van der Waals surface area contributed by atoms with Crippen molar-refractivity contribution >= 4 is 34.4 Å². The molecule has 0 spiro atoms. The number of benzene rings is 1. The van der Waals surface area contributed by atoms with E-state index in [1.807, 2.05) is 36.7 Å². The number of ketones is 1. The second-order valence-corrected chi connectivity index (χ2v) is 7.77. The van der Waals surface area contributed by atoms with E-state index in [-0.39, 0.29) is 11.7 Å². The molecular formula is C21H21NO4S2. The van der Waals surface area contributed by atoms with Gasteiger partial charge in [-0.15, -0.1) is 11.3 Å². The molecule has 0 saturated carbocycles. The van der Waals surface area contributed by atoms with E-state index in [4.69, 9.17) is 9.47 Å². The summed E-state index contributed by atoms with van der Waals surface area (Å²) in [5.74, 6) is 0.979. The summed E-state index contributed by atoms with van der Waals surface area (Å²) in [6.07, 6.45) is 0. The molecule has 3 aromatic rings. The lowest BCUT2D eigenvalue weighted by molar-refractivity contribution is 0.0950. The Morgan fingerprint density at radius 3 is 2.46 bits per heavy atom. The van der Waals surface area contributed by atoms with Gasteiger partial charge in [-0.25, -0.2) is 0 Å². The summed E-state index contributed by atoms with van der Waals surface area (Å²) in [5.41, 5.74) is 1.19. The van der Waals surface area contributed by atoms with Gasteiger partial charge in [0.05, 0.1) is 24.6 Å². The molecular weight excluding hydrogens is 394 g/mol. The van der Waals surface area contributed by atoms with E-state index < -0.39 is 0 Å². The zero-order chi connectivity index (χ0) is 19.9. The van der Waals surface area contributed by atoms with Crippen LogP contribution in [0.15, 0.2) is 47.2 Å². The van der Waals surface area contributed by atoms with Gasteiger partial charge in [0.1, 0.15) is 0 Å². The minimum Gasteiger partial charge on any atom is -0.490 e. The Kier molecular flexibility index (Phi) is 6.84. The lowest BCUT2D eigenvalue weighted by Crippen LogP contribution is -2.22. The number of carbonyl (C=O) groups excluding carboxylic acids is 2. The third kappa shape index (κ3) is 4.79. The van der Waals surface area contributed by atoms with Crippen molar-refractivity contribution in [3.63, 3.8) is 0 Å². The van der Waals surface area contributed by atoms with E-state index in [9.17, 15) is 9.59 Å². The largest absolute Gasteiger partial charge is 0.490 e. The van der Waals surface area contributed by atoms with Gasteiger partial charge in [-0.1, -0.05) is 0 Å². The molecule has 0 bridgehead atoms. The first-order valence-electron chi connectivity index (χ1n) is 8.95. The fourth-order valence-electron chi connectivity index (χ4n) is 2.59. The quantitative estimate of drug-likeness (QED) is 0.512. The van der Waals surface area contributed by atoms with Crippen molar-refractivity contribution in [3.8, 4) is 11.5 Å². The van der Waals surface area contributed by atoms with Gasteiger partial charge < -0.3 is 14.8 Å². The fraction of sp³-hybridized carbons (Fsp3) is 0.238. The van der Waals surface area contributed by atoms with Gasteiger partial charge in [0.15, 0.2) is 11.5 Å². The Balaban J connectivity index is 1.64. The molecule has 0 aliphatic carbocycles. The normalized spacial score (nSPS) is 10.5. The maximum atomic E-state index is 12.5. The molecule has 5 nitrogen and oxygen atoms in total. The van der Waals surface area contributed by atoms with Crippen LogP contribution in [0.1, 0.15) is 44.3 Å². The molecule has 0 fully saturated rings. The number of amides is 1. The molecule has 1 N–H and O–H groups in total. The molecule has 2 heterocycles. The van der Waals surface area contributed by atoms with E-state index in [0.29, 0.717) is 47.3 Å². The number of thiophene rings is 2. The number of hydrogen-bond donors (Lipinski definition) is 1. The molecule has 0 saturated heterocycles. The second-order valence-electron chi connectivity index (χ2n) is 5.82. The molecule has 3 rings (SSSR count). The average molecular weight is 416 g/mol. The molecule has 2 aromatic heterocycles. The van der Waals surface area contributed by atoms with E-state index in [1.165, 1.54) is 22.7 Å². The van der Waals surface area contributed by atoms with Gasteiger partial charge in [-0.05, 0) is 55.6 Å². The molecule has 7 heteroatoms. The SMILES string of the molecule is CCOc1ccc(C(=O)NCc2ccc(C(=O)c3ccsc3)s2)cc1OCC. The third-order valence-corrected chi connectivity index (χ3v) is 5.66. The highest BCUT2D eigenvalue weighted by molar-refractivity contribution is 7.14. The van der Waals surface area contributed by atoms with Crippen molar-refractivity contribution in [3.05, 3.63) is 68.0 Å². The molecule has 0 aliphatic rings. The van der Waals surface area contributed by atoms with E-state index in [0.717, 1.165) is 4.88 Å². The maximum Gasteiger partial charge on any atom is 0.251 e. The van der Waals surface area contributed by atoms with Crippen LogP contribution in [0.2, 0.25) is 0 Å². The highest BCUT2D eigenvalue weighted by Crippen LogP contribution is 2.28. The molecule has 1 aromatic carbocycles. The zero-order valence-electron chi connectivity index (χ0n) is 15.7. The monoisotopic (exact) mass is 415 g/mol. The average Bonchev–Trinajstić information content (AvgIpc) is 3.39. The smallest absolute Gasteiger partial charge is 0.251 e. The standard InChI is InChI=1S/C21H21NO4S2/c1-3-25-17-7-5-14(11-18(17)26-4-2)21(24)22-12-16-6-8-19(28-16)20(23)15-9-10-27-13-15/h5-11,13H,3-4,12H2,1-2H3,(H,22,24). The van der Waals surface area contributed by atoms with Crippen molar-refractivity contribution in [2.24, 2.45) is 0 Å². The summed E-state index contributed by atoms with van der Waals surface area (Å²) in [6.45, 7) is 5.15. The van der Waals surface area contributed by atoms with Crippen LogP contribution in [0.25, 0.3) is 0 Å². The van der Waals surface area contributed by atoms with Crippen LogP contribution in [-0.4, -0.2) is 24.9 Å². The summed E-state index contributed by atoms with van der Waals surface area (Å²) < 4.78 is 11.1. The minimum absolute atomic E-state index is 0.0108. The van der Waals surface area contributed by atoms with Crippen molar-refractivity contribution < 1.29 is 19.1 Å². The topological polar surface area (TPSA) is 64.6 Å². The Bertz CT molecular complexity index is 947. The molecule has 146 valence electrons. The summed E-state index contributed by atoms with van der Waals surface area (Å²) in [7, 11) is 0. The van der Waals surface area contributed by atoms with Crippen molar-refractivity contribution in [1.82, 2.24) is 5.32 Å². The zero-order valence-corrected chi connectivity index (χ0v) is 17.3. The summed E-state index contributed by atoms with van der Waals surface area (Å²) in [6, 6.07) is 10.6. The van der Waals surface area contributed by atoms with Gasteiger partial charge >= 0.3 is 0 Å². The second kappa shape index (κ2) is 9.52. The molecule has 0 radical (unpaired) electrons. The molecule has 1 amide bonds. The Hall–Kier alpha value is -2.64. The van der Waals surface area contributed by atoms with Gasteiger partial charge in [0.25, 0.3) is 5.91 Å². The Morgan fingerprint density at radius 1 is 0.964 bits per heavy atom. The van der Waals surface area contributed by atoms with Crippen LogP contribution in [0.3, 0.4) is 0 Å². The molecule has 0 aliphatic heterocycles. The van der Waals surface area contributed by atoms with Crippen LogP contribution in [0.5, 0.6) is 11.5 Å². The highest BCUT2D eigenvalue weighted by Gasteiger charge is 2.14. The van der Waals surface area contributed by atoms with Gasteiger partial charge in [-0.3, -0.25) is 9.59 Å². The van der Waals surface area contributed by atoms with Crippen molar-refractivity contribution in [1.29, 1.82) is 0 Å². The number of nitrogens with one attached hydrogen (secondary N) is 1. The van der Waals surface area contributed by atoms with Crippen LogP contribution >= 0.6 is 22.7 Å². The Labute approximate surface area is 171 Å². The summed E-state index contributed by atoms with van der Waals surface area (Å²) in [5, 5.41) is 6.61. The lowest BCUT2D eigenvalue weighted by atomic mass is 10.2. The van der Waals surface area contributed by atoms with Gasteiger partial charge in [0, 0.05) is 21.4 Å². The number of rotatable bonds is 9. The molecule has 0 unspecified atom stereocenters. The van der Waals surface area contributed by atoms with Gasteiger partial charge in [0.2, 0.25) is 5.78 Å². The summed E-state index contributed by atoms with van der Waals surface area (Å²) >= 11 is 2.89. The van der Waals surface area contributed by atoms with E-state index in [1.54, 1.807) is 24.3 Å². The van der Waals surface area contributed by atoms with Crippen LogP contribution in [0.4, 0.5) is 0 Å². The van der Waals surface area contributed by atoms with E-state index in [2.05, 4.69) is 5.32 Å². The molecule has 0 atom stereocenters. The number of carbonyl (C=O) groups is 2. The minimum atomic E-state index is -0.205. The van der Waals surface area contributed by atoms with Crippen LogP contribution in [0, 0.1) is 0 Å². The van der Waals surface area contributed by atoms with E-state index >= 15 is 0 Å². The van der Waals surface area contributed by atoms with Crippen molar-refractivity contribution in [2.75, 3.05) is 13.2 Å². The lowest BCUT2D eigenvalue weighted by Gasteiger charge is -2.12. The van der Waals surface area contributed by atoms with Gasteiger partial charge in [-0.2, -0.15) is 11.3 Å².